The molecule has 11 heteroatoms. The Morgan fingerprint density at radius 2 is 1.85 bits per heavy atom. The SMILES string of the molecule is Cc1cc(C)c2[nH]c(=O)c(CN(CCO)C(=O)Cc3ccccc3Br)cc2c1.O=C(O)[C@H]1OCC(O)CC1O. The maximum absolute atomic E-state index is 12.8. The van der Waals surface area contributed by atoms with Gasteiger partial charge in [-0.1, -0.05) is 45.8 Å². The van der Waals surface area contributed by atoms with Crippen LogP contribution in [0.15, 0.2) is 51.7 Å². The van der Waals surface area contributed by atoms with Crippen LogP contribution < -0.4 is 5.56 Å². The van der Waals surface area contributed by atoms with Gasteiger partial charge in [0, 0.05) is 23.0 Å². The lowest BCUT2D eigenvalue weighted by atomic mass is 10.0. The summed E-state index contributed by atoms with van der Waals surface area (Å²) in [7, 11) is 0. The maximum Gasteiger partial charge on any atom is 0.335 e. The molecule has 3 aromatic rings. The smallest absolute Gasteiger partial charge is 0.335 e. The Morgan fingerprint density at radius 1 is 1.13 bits per heavy atom. The summed E-state index contributed by atoms with van der Waals surface area (Å²) in [6, 6.07) is 13.4. The number of hydrogen-bond donors (Lipinski definition) is 5. The molecule has 2 heterocycles. The molecule has 2 unspecified atom stereocenters. The first kappa shape index (κ1) is 30.5. The number of aliphatic hydroxyl groups excluding tert-OH is 3. The van der Waals surface area contributed by atoms with Crippen LogP contribution in [0.3, 0.4) is 0 Å². The molecule has 1 aliphatic heterocycles. The number of hydrogen-bond acceptors (Lipinski definition) is 7. The summed E-state index contributed by atoms with van der Waals surface area (Å²) in [5.74, 6) is -1.33. The van der Waals surface area contributed by atoms with Gasteiger partial charge < -0.3 is 35.0 Å². The number of pyridine rings is 1. The van der Waals surface area contributed by atoms with Gasteiger partial charge in [-0.3, -0.25) is 9.59 Å². The number of ether oxygens (including phenoxy) is 1. The minimum atomic E-state index is -1.19. The molecular formula is C28H33BrN2O8. The van der Waals surface area contributed by atoms with E-state index in [9.17, 15) is 19.5 Å². The Hall–Kier alpha value is -3.09. The fourth-order valence-corrected chi connectivity index (χ4v) is 4.84. The van der Waals surface area contributed by atoms with Gasteiger partial charge in [0.05, 0.1) is 43.9 Å². The third kappa shape index (κ3) is 8.20. The lowest BCUT2D eigenvalue weighted by Gasteiger charge is -2.27. The summed E-state index contributed by atoms with van der Waals surface area (Å²) in [6.45, 7) is 4.12. The Morgan fingerprint density at radius 3 is 2.49 bits per heavy atom. The average molecular weight is 605 g/mol. The highest BCUT2D eigenvalue weighted by Gasteiger charge is 2.33. The van der Waals surface area contributed by atoms with Gasteiger partial charge in [-0.05, 0) is 48.6 Å². The maximum atomic E-state index is 12.8. The number of carbonyl (C=O) groups is 2. The molecule has 10 nitrogen and oxygen atoms in total. The zero-order valence-corrected chi connectivity index (χ0v) is 23.3. The highest BCUT2D eigenvalue weighted by Crippen LogP contribution is 2.20. The zero-order chi connectivity index (χ0) is 28.7. The summed E-state index contributed by atoms with van der Waals surface area (Å²) in [5, 5.41) is 36.7. The number of nitrogens with zero attached hydrogens (tertiary/aromatic N) is 1. The summed E-state index contributed by atoms with van der Waals surface area (Å²) in [6.07, 6.45) is -2.77. The molecule has 210 valence electrons. The van der Waals surface area contributed by atoms with Gasteiger partial charge in [0.25, 0.3) is 5.56 Å². The van der Waals surface area contributed by atoms with E-state index >= 15 is 0 Å². The molecule has 5 N–H and O–H groups in total. The second kappa shape index (κ2) is 13.8. The van der Waals surface area contributed by atoms with Gasteiger partial charge >= 0.3 is 5.97 Å². The van der Waals surface area contributed by atoms with E-state index < -0.39 is 24.3 Å². The molecule has 4 rings (SSSR count). The van der Waals surface area contributed by atoms with Crippen LogP contribution in [-0.4, -0.2) is 80.3 Å². The van der Waals surface area contributed by atoms with Crippen molar-refractivity contribution < 1.29 is 34.8 Å². The number of halogens is 1. The average Bonchev–Trinajstić information content (AvgIpc) is 2.86. The number of carboxylic acids is 1. The number of aromatic amines is 1. The molecular weight excluding hydrogens is 572 g/mol. The van der Waals surface area contributed by atoms with E-state index in [0.29, 0.717) is 5.56 Å². The van der Waals surface area contributed by atoms with Crippen molar-refractivity contribution in [3.8, 4) is 0 Å². The van der Waals surface area contributed by atoms with E-state index in [1.165, 1.54) is 4.90 Å². The second-order valence-corrected chi connectivity index (χ2v) is 10.4. The molecule has 3 atom stereocenters. The van der Waals surface area contributed by atoms with Crippen molar-refractivity contribution in [1.82, 2.24) is 9.88 Å². The summed E-state index contributed by atoms with van der Waals surface area (Å²) in [4.78, 5) is 40.2. The van der Waals surface area contributed by atoms with Crippen LogP contribution in [0.2, 0.25) is 0 Å². The Labute approximate surface area is 234 Å². The van der Waals surface area contributed by atoms with Crippen LogP contribution in [-0.2, 0) is 27.3 Å². The first-order valence-corrected chi connectivity index (χ1v) is 13.2. The van der Waals surface area contributed by atoms with Gasteiger partial charge in [-0.15, -0.1) is 0 Å². The van der Waals surface area contributed by atoms with Crippen LogP contribution in [0, 0.1) is 13.8 Å². The number of fused-ring (bicyclic) bond motifs is 1. The van der Waals surface area contributed by atoms with E-state index in [-0.39, 0.29) is 50.6 Å². The molecule has 39 heavy (non-hydrogen) atoms. The number of benzene rings is 2. The van der Waals surface area contributed by atoms with Crippen molar-refractivity contribution in [2.24, 2.45) is 0 Å². The number of rotatable bonds is 7. The lowest BCUT2D eigenvalue weighted by Crippen LogP contribution is -2.45. The van der Waals surface area contributed by atoms with Gasteiger partial charge in [0.1, 0.15) is 0 Å². The molecule has 1 saturated heterocycles. The fraction of sp³-hybridized carbons (Fsp3) is 0.393. The second-order valence-electron chi connectivity index (χ2n) is 9.53. The number of aliphatic carboxylic acids is 1. The van der Waals surface area contributed by atoms with Gasteiger partial charge in [-0.2, -0.15) is 0 Å². The molecule has 0 radical (unpaired) electrons. The van der Waals surface area contributed by atoms with E-state index in [4.69, 9.17) is 15.3 Å². The van der Waals surface area contributed by atoms with Gasteiger partial charge in [-0.25, -0.2) is 4.79 Å². The van der Waals surface area contributed by atoms with Crippen molar-refractivity contribution in [2.75, 3.05) is 19.8 Å². The van der Waals surface area contributed by atoms with Crippen LogP contribution in [0.1, 0.15) is 28.7 Å². The van der Waals surface area contributed by atoms with E-state index in [0.717, 1.165) is 32.1 Å². The lowest BCUT2D eigenvalue weighted by molar-refractivity contribution is -0.173. The normalized spacial score (nSPS) is 18.8. The molecule has 1 fully saturated rings. The van der Waals surface area contributed by atoms with Crippen molar-refractivity contribution in [1.29, 1.82) is 0 Å². The molecule has 1 aromatic heterocycles. The molecule has 2 aromatic carbocycles. The molecule has 1 amide bonds. The topological polar surface area (TPSA) is 160 Å². The molecule has 0 spiro atoms. The Bertz CT molecular complexity index is 1380. The van der Waals surface area contributed by atoms with Crippen molar-refractivity contribution in [3.05, 3.63) is 79.5 Å². The predicted molar refractivity (Wildman–Crippen MR) is 148 cm³/mol. The zero-order valence-electron chi connectivity index (χ0n) is 21.8. The first-order valence-electron chi connectivity index (χ1n) is 12.5. The Balaban J connectivity index is 0.000000320. The first-order chi connectivity index (χ1) is 18.5. The van der Waals surface area contributed by atoms with Crippen LogP contribution in [0.5, 0.6) is 0 Å². The van der Waals surface area contributed by atoms with Crippen molar-refractivity contribution in [2.45, 2.75) is 51.5 Å². The molecule has 1 aliphatic rings. The third-order valence-corrected chi connectivity index (χ3v) is 7.10. The van der Waals surface area contributed by atoms with Crippen LogP contribution >= 0.6 is 15.9 Å². The number of aromatic nitrogens is 1. The van der Waals surface area contributed by atoms with Crippen molar-refractivity contribution >= 4 is 38.7 Å². The number of H-pyrrole nitrogens is 1. The summed E-state index contributed by atoms with van der Waals surface area (Å²) < 4.78 is 5.53. The van der Waals surface area contributed by atoms with E-state index in [1.54, 1.807) is 0 Å². The van der Waals surface area contributed by atoms with E-state index in [2.05, 4.69) is 25.7 Å². The minimum Gasteiger partial charge on any atom is -0.479 e. The van der Waals surface area contributed by atoms with Crippen LogP contribution in [0.25, 0.3) is 10.9 Å². The molecule has 0 aliphatic carbocycles. The van der Waals surface area contributed by atoms with Gasteiger partial charge in [0.15, 0.2) is 6.10 Å². The minimum absolute atomic E-state index is 0.0198. The largest absolute Gasteiger partial charge is 0.479 e. The number of nitrogens with one attached hydrogen (secondary N) is 1. The van der Waals surface area contributed by atoms with Crippen molar-refractivity contribution in [3.63, 3.8) is 0 Å². The number of amides is 1. The summed E-state index contributed by atoms with van der Waals surface area (Å²) in [5.41, 5.74) is 4.10. The molecule has 0 bridgehead atoms. The monoisotopic (exact) mass is 604 g/mol. The Kier molecular flexibility index (Phi) is 10.8. The predicted octanol–water partition coefficient (Wildman–Crippen LogP) is 2.05. The summed E-state index contributed by atoms with van der Waals surface area (Å²) >= 11 is 3.46. The molecule has 0 saturated carbocycles. The van der Waals surface area contributed by atoms with Crippen LogP contribution in [0.4, 0.5) is 0 Å². The third-order valence-electron chi connectivity index (χ3n) is 6.33. The number of carboxylic acid groups (broad SMARTS) is 1. The fourth-order valence-electron chi connectivity index (χ4n) is 4.42. The highest BCUT2D eigenvalue weighted by molar-refractivity contribution is 9.10. The number of aryl methyl sites for hydroxylation is 2. The van der Waals surface area contributed by atoms with Gasteiger partial charge in [0.2, 0.25) is 5.91 Å². The standard InChI is InChI=1S/C22H23BrN2O3.C6H10O5/c1-14-9-15(2)21-17(10-14)11-18(22(28)24-21)13-25(7-8-26)20(27)12-16-5-3-4-6-19(16)23;7-3-1-4(8)5(6(9)10)11-2-3/h3-6,9-11,26H,7-8,12-13H2,1-2H3,(H,24,28);3-5,7-8H,1-2H2,(H,9,10)/t;3?,4?,5-/m.0/s1. The number of carbonyl (C=O) groups excluding carboxylic acids is 1. The van der Waals surface area contributed by atoms with E-state index in [1.807, 2.05) is 56.3 Å². The number of aliphatic hydroxyl groups is 3. The highest BCUT2D eigenvalue weighted by atomic mass is 79.9. The quantitative estimate of drug-likeness (QED) is 0.274.